The SMILES string of the molecule is CC(CO)N(C)C(=O)c1ccc(OC(F)F)cc1. The molecule has 1 aromatic carbocycles. The van der Waals surface area contributed by atoms with Crippen LogP contribution in [0.1, 0.15) is 17.3 Å². The fourth-order valence-corrected chi connectivity index (χ4v) is 1.31. The highest BCUT2D eigenvalue weighted by Crippen LogP contribution is 2.16. The number of carbonyl (C=O) groups is 1. The summed E-state index contributed by atoms with van der Waals surface area (Å²) in [5.74, 6) is -0.292. The summed E-state index contributed by atoms with van der Waals surface area (Å²) in [6, 6.07) is 5.10. The fourth-order valence-electron chi connectivity index (χ4n) is 1.31. The molecule has 6 heteroatoms. The molecule has 1 unspecified atom stereocenters. The van der Waals surface area contributed by atoms with Crippen LogP contribution in [0.2, 0.25) is 0 Å². The molecule has 1 amide bonds. The van der Waals surface area contributed by atoms with Crippen molar-refractivity contribution in [3.05, 3.63) is 29.8 Å². The predicted octanol–water partition coefficient (Wildman–Crippen LogP) is 1.74. The van der Waals surface area contributed by atoms with E-state index >= 15 is 0 Å². The van der Waals surface area contributed by atoms with E-state index < -0.39 is 6.61 Å². The number of aliphatic hydroxyl groups excluding tert-OH is 1. The Balaban J connectivity index is 2.75. The largest absolute Gasteiger partial charge is 0.435 e. The Bertz CT molecular complexity index is 395. The van der Waals surface area contributed by atoms with E-state index in [1.54, 1.807) is 14.0 Å². The van der Waals surface area contributed by atoms with Crippen LogP contribution in [-0.4, -0.2) is 42.2 Å². The van der Waals surface area contributed by atoms with Crippen LogP contribution in [0.25, 0.3) is 0 Å². The summed E-state index contributed by atoms with van der Waals surface area (Å²) in [6.07, 6.45) is 0. The standard InChI is InChI=1S/C12H15F2NO3/c1-8(7-16)15(2)11(17)9-3-5-10(6-4-9)18-12(13)14/h3-6,8,12,16H,7H2,1-2H3. The van der Waals surface area contributed by atoms with Gasteiger partial charge in [-0.1, -0.05) is 0 Å². The molecule has 0 spiro atoms. The van der Waals surface area contributed by atoms with Gasteiger partial charge in [-0.25, -0.2) is 0 Å². The second kappa shape index (κ2) is 6.30. The maximum Gasteiger partial charge on any atom is 0.387 e. The number of benzene rings is 1. The van der Waals surface area contributed by atoms with E-state index in [0.29, 0.717) is 5.56 Å². The van der Waals surface area contributed by atoms with Crippen molar-refractivity contribution in [3.63, 3.8) is 0 Å². The number of aliphatic hydroxyl groups is 1. The van der Waals surface area contributed by atoms with Gasteiger partial charge in [0.25, 0.3) is 5.91 Å². The Morgan fingerprint density at radius 2 is 1.94 bits per heavy atom. The molecule has 0 saturated heterocycles. The quantitative estimate of drug-likeness (QED) is 0.876. The summed E-state index contributed by atoms with van der Waals surface area (Å²) in [5, 5.41) is 8.95. The van der Waals surface area contributed by atoms with Crippen molar-refractivity contribution in [3.8, 4) is 5.75 Å². The lowest BCUT2D eigenvalue weighted by Gasteiger charge is -2.23. The topological polar surface area (TPSA) is 49.8 Å². The Morgan fingerprint density at radius 3 is 2.39 bits per heavy atom. The van der Waals surface area contributed by atoms with Gasteiger partial charge in [-0.05, 0) is 31.2 Å². The monoisotopic (exact) mass is 259 g/mol. The van der Waals surface area contributed by atoms with Crippen molar-refractivity contribution < 1.29 is 23.4 Å². The number of hydrogen-bond donors (Lipinski definition) is 1. The van der Waals surface area contributed by atoms with Crippen molar-refractivity contribution in [1.29, 1.82) is 0 Å². The highest BCUT2D eigenvalue weighted by Gasteiger charge is 2.16. The number of amides is 1. The number of halogens is 2. The van der Waals surface area contributed by atoms with Gasteiger partial charge in [0.05, 0.1) is 12.6 Å². The lowest BCUT2D eigenvalue weighted by Crippen LogP contribution is -2.37. The zero-order valence-electron chi connectivity index (χ0n) is 10.1. The molecule has 1 aromatic rings. The molecule has 18 heavy (non-hydrogen) atoms. The van der Waals surface area contributed by atoms with Crippen LogP contribution in [0.3, 0.4) is 0 Å². The van der Waals surface area contributed by atoms with Gasteiger partial charge >= 0.3 is 6.61 Å². The van der Waals surface area contributed by atoms with Gasteiger partial charge in [-0.3, -0.25) is 4.79 Å². The van der Waals surface area contributed by atoms with Gasteiger partial charge in [0.15, 0.2) is 0 Å². The molecule has 0 bridgehead atoms. The first kappa shape index (κ1) is 14.4. The van der Waals surface area contributed by atoms with Crippen molar-refractivity contribution in [2.45, 2.75) is 19.6 Å². The minimum atomic E-state index is -2.89. The highest BCUT2D eigenvalue weighted by molar-refractivity contribution is 5.94. The molecule has 0 aliphatic rings. The third-order valence-electron chi connectivity index (χ3n) is 2.57. The summed E-state index contributed by atoms with van der Waals surface area (Å²) in [4.78, 5) is 13.3. The molecule has 0 radical (unpaired) electrons. The molecule has 4 nitrogen and oxygen atoms in total. The highest BCUT2D eigenvalue weighted by atomic mass is 19.3. The Hall–Kier alpha value is -1.69. The first-order valence-electron chi connectivity index (χ1n) is 5.38. The second-order valence-corrected chi connectivity index (χ2v) is 3.85. The minimum absolute atomic E-state index is 0.000547. The van der Waals surface area contributed by atoms with Gasteiger partial charge in [-0.15, -0.1) is 0 Å². The van der Waals surface area contributed by atoms with Gasteiger partial charge in [0.1, 0.15) is 5.75 Å². The summed E-state index contributed by atoms with van der Waals surface area (Å²) >= 11 is 0. The van der Waals surface area contributed by atoms with Crippen LogP contribution in [0.5, 0.6) is 5.75 Å². The summed E-state index contributed by atoms with van der Waals surface area (Å²) < 4.78 is 28.0. The number of ether oxygens (including phenoxy) is 1. The van der Waals surface area contributed by atoms with Crippen LogP contribution in [0, 0.1) is 0 Å². The lowest BCUT2D eigenvalue weighted by molar-refractivity contribution is -0.0498. The molecule has 0 aliphatic carbocycles. The number of hydrogen-bond acceptors (Lipinski definition) is 3. The van der Waals surface area contributed by atoms with E-state index in [1.165, 1.54) is 29.2 Å². The molecule has 0 saturated carbocycles. The molecular formula is C12H15F2NO3. The molecule has 0 aliphatic heterocycles. The third-order valence-corrected chi connectivity index (χ3v) is 2.57. The van der Waals surface area contributed by atoms with Gasteiger partial charge in [0.2, 0.25) is 0 Å². The van der Waals surface area contributed by atoms with Crippen LogP contribution in [0.4, 0.5) is 8.78 Å². The molecule has 1 atom stereocenters. The van der Waals surface area contributed by atoms with Crippen molar-refractivity contribution in [1.82, 2.24) is 4.90 Å². The summed E-state index contributed by atoms with van der Waals surface area (Å²) in [5.41, 5.74) is 0.347. The van der Waals surface area contributed by atoms with Crippen molar-refractivity contribution in [2.24, 2.45) is 0 Å². The van der Waals surface area contributed by atoms with Gasteiger partial charge in [-0.2, -0.15) is 8.78 Å². The van der Waals surface area contributed by atoms with E-state index in [-0.39, 0.29) is 24.3 Å². The lowest BCUT2D eigenvalue weighted by atomic mass is 10.1. The summed E-state index contributed by atoms with van der Waals surface area (Å²) in [7, 11) is 1.56. The van der Waals surface area contributed by atoms with E-state index in [9.17, 15) is 13.6 Å². The van der Waals surface area contributed by atoms with Crippen LogP contribution >= 0.6 is 0 Å². The van der Waals surface area contributed by atoms with Crippen LogP contribution < -0.4 is 4.74 Å². The van der Waals surface area contributed by atoms with E-state index in [0.717, 1.165) is 0 Å². The second-order valence-electron chi connectivity index (χ2n) is 3.85. The van der Waals surface area contributed by atoms with Crippen molar-refractivity contribution in [2.75, 3.05) is 13.7 Å². The maximum absolute atomic E-state index is 11.9. The molecule has 0 fully saturated rings. The third kappa shape index (κ3) is 3.66. The maximum atomic E-state index is 11.9. The Kier molecular flexibility index (Phi) is 5.03. The first-order valence-corrected chi connectivity index (χ1v) is 5.38. The minimum Gasteiger partial charge on any atom is -0.435 e. The molecular weight excluding hydrogens is 244 g/mol. The predicted molar refractivity (Wildman–Crippen MR) is 61.7 cm³/mol. The van der Waals surface area contributed by atoms with Crippen LogP contribution in [-0.2, 0) is 0 Å². The molecule has 1 N–H and O–H groups in total. The normalized spacial score (nSPS) is 12.3. The zero-order valence-corrected chi connectivity index (χ0v) is 10.1. The van der Waals surface area contributed by atoms with Crippen molar-refractivity contribution >= 4 is 5.91 Å². The fraction of sp³-hybridized carbons (Fsp3) is 0.417. The van der Waals surface area contributed by atoms with Crippen LogP contribution in [0.15, 0.2) is 24.3 Å². The molecule has 100 valence electrons. The van der Waals surface area contributed by atoms with Gasteiger partial charge in [0, 0.05) is 12.6 Å². The van der Waals surface area contributed by atoms with Gasteiger partial charge < -0.3 is 14.7 Å². The smallest absolute Gasteiger partial charge is 0.387 e. The Morgan fingerprint density at radius 1 is 1.39 bits per heavy atom. The molecule has 1 rings (SSSR count). The number of nitrogens with zero attached hydrogens (tertiary/aromatic N) is 1. The zero-order chi connectivity index (χ0) is 13.7. The number of alkyl halides is 2. The number of likely N-dealkylation sites (N-methyl/N-ethyl adjacent to an activating group) is 1. The first-order chi connectivity index (χ1) is 8.45. The van der Waals surface area contributed by atoms with E-state index in [4.69, 9.17) is 5.11 Å². The number of rotatable bonds is 5. The average molecular weight is 259 g/mol. The summed E-state index contributed by atoms with van der Waals surface area (Å²) in [6.45, 7) is -1.33. The Labute approximate surface area is 104 Å². The molecule has 0 heterocycles. The van der Waals surface area contributed by atoms with E-state index in [1.807, 2.05) is 0 Å². The average Bonchev–Trinajstić information content (AvgIpc) is 2.36. The number of carbonyl (C=O) groups excluding carboxylic acids is 1. The molecule has 0 aromatic heterocycles. The van der Waals surface area contributed by atoms with E-state index in [2.05, 4.69) is 4.74 Å².